The number of carbonyl (C=O) groups is 2. The van der Waals surface area contributed by atoms with Crippen LogP contribution >= 0.6 is 54.5 Å². The molecular formula is C41H35Br2N15O3S2. The predicted molar refractivity (Wildman–Crippen MR) is 249 cm³/mol. The molecule has 22 heteroatoms. The monoisotopic (exact) mass is 1010 g/mol. The number of aromatic carboxylic acids is 1. The highest BCUT2D eigenvalue weighted by Crippen LogP contribution is 2.33. The predicted octanol–water partition coefficient (Wildman–Crippen LogP) is 6.87. The van der Waals surface area contributed by atoms with Crippen LogP contribution in [0.5, 0.6) is 0 Å². The van der Waals surface area contributed by atoms with Gasteiger partial charge in [-0.3, -0.25) is 4.79 Å². The van der Waals surface area contributed by atoms with Gasteiger partial charge in [0.2, 0.25) is 0 Å². The zero-order valence-electron chi connectivity index (χ0n) is 32.8. The number of aromatic nitrogens is 10. The quantitative estimate of drug-likeness (QED) is 0.109. The molecule has 9 rings (SSSR count). The fraction of sp³-hybridized carbons (Fsp3) is 0.122. The summed E-state index contributed by atoms with van der Waals surface area (Å²) < 4.78 is 0.970. The summed E-state index contributed by atoms with van der Waals surface area (Å²) >= 11 is 9.10. The number of carboxylic acids is 1. The van der Waals surface area contributed by atoms with Gasteiger partial charge in [-0.2, -0.15) is 0 Å². The molecule has 0 atom stereocenters. The van der Waals surface area contributed by atoms with Crippen LogP contribution in [0, 0.1) is 0 Å². The first-order valence-electron chi connectivity index (χ1n) is 18.8. The number of hydrogen-bond donors (Lipinski definition) is 5. The van der Waals surface area contributed by atoms with Crippen molar-refractivity contribution in [2.24, 2.45) is 0 Å². The SMILES string of the molecule is Nc1ncc(-c2ccc(C(=O)N3CCCNCC3)cc2)nc1-c1nnc(-c2ccccc2)s1.Nc1ncc(Br)nc1-c1nnc(-c2ccccc2)s1.Nc1ncc(Br)nc1C(=O)O. The number of carbonyl (C=O) groups excluding carboxylic acids is 1. The second-order valence-corrected chi connectivity index (χ2v) is 16.8. The molecule has 318 valence electrons. The summed E-state index contributed by atoms with van der Waals surface area (Å²) in [6, 6.07) is 27.2. The van der Waals surface area contributed by atoms with Crippen molar-refractivity contribution in [2.75, 3.05) is 43.4 Å². The molecule has 1 aliphatic rings. The molecule has 63 heavy (non-hydrogen) atoms. The molecular weight excluding hydrogens is 974 g/mol. The average molecular weight is 1010 g/mol. The third-order valence-electron chi connectivity index (χ3n) is 8.90. The summed E-state index contributed by atoms with van der Waals surface area (Å²) in [5.74, 6) is -0.566. The highest BCUT2D eigenvalue weighted by Gasteiger charge is 2.19. The number of rotatable bonds is 7. The third-order valence-corrected chi connectivity index (χ3v) is 11.6. The van der Waals surface area contributed by atoms with Crippen LogP contribution in [0.3, 0.4) is 0 Å². The molecule has 1 saturated heterocycles. The molecule has 1 fully saturated rings. The Balaban J connectivity index is 0.000000166. The van der Waals surface area contributed by atoms with Gasteiger partial charge in [0, 0.05) is 41.9 Å². The van der Waals surface area contributed by atoms with E-state index in [0.717, 1.165) is 59.3 Å². The van der Waals surface area contributed by atoms with Gasteiger partial charge in [-0.25, -0.2) is 34.7 Å². The second-order valence-electron chi connectivity index (χ2n) is 13.2. The maximum atomic E-state index is 12.8. The molecule has 3 aromatic carbocycles. The summed E-state index contributed by atoms with van der Waals surface area (Å²) in [5.41, 5.74) is 22.2. The normalized spacial score (nSPS) is 12.3. The molecule has 8 N–H and O–H groups in total. The topological polar surface area (TPSA) is 277 Å². The maximum absolute atomic E-state index is 12.8. The average Bonchev–Trinajstić information content (AvgIpc) is 3.93. The Morgan fingerprint density at radius 1 is 0.603 bits per heavy atom. The van der Waals surface area contributed by atoms with Crippen LogP contribution in [0.1, 0.15) is 27.3 Å². The second kappa shape index (κ2) is 20.9. The lowest BCUT2D eigenvalue weighted by atomic mass is 10.1. The van der Waals surface area contributed by atoms with E-state index in [1.165, 1.54) is 28.9 Å². The molecule has 1 amide bonds. The molecule has 0 bridgehead atoms. The van der Waals surface area contributed by atoms with Crippen LogP contribution in [0.25, 0.3) is 53.8 Å². The number of nitrogen functional groups attached to an aromatic ring is 3. The minimum Gasteiger partial charge on any atom is -0.476 e. The summed E-state index contributed by atoms with van der Waals surface area (Å²) in [6.07, 6.45) is 5.49. The lowest BCUT2D eigenvalue weighted by Crippen LogP contribution is -2.34. The molecule has 0 aliphatic carbocycles. The van der Waals surface area contributed by atoms with Crippen LogP contribution < -0.4 is 22.5 Å². The van der Waals surface area contributed by atoms with Gasteiger partial charge in [-0.05, 0) is 57.0 Å². The summed E-state index contributed by atoms with van der Waals surface area (Å²) in [5, 5.41) is 31.6. The number of anilines is 3. The number of nitrogens with zero attached hydrogens (tertiary/aromatic N) is 11. The third kappa shape index (κ3) is 11.4. The van der Waals surface area contributed by atoms with E-state index < -0.39 is 5.97 Å². The van der Waals surface area contributed by atoms with Crippen LogP contribution in [-0.4, -0.2) is 98.4 Å². The van der Waals surface area contributed by atoms with Crippen LogP contribution in [-0.2, 0) is 0 Å². The van der Waals surface area contributed by atoms with Gasteiger partial charge in [-0.15, -0.1) is 20.4 Å². The number of carboxylic acid groups (broad SMARTS) is 1. The van der Waals surface area contributed by atoms with Gasteiger partial charge in [0.15, 0.2) is 33.2 Å². The minimum atomic E-state index is -1.18. The van der Waals surface area contributed by atoms with Gasteiger partial charge in [0.25, 0.3) is 5.91 Å². The van der Waals surface area contributed by atoms with E-state index in [0.29, 0.717) is 53.5 Å². The van der Waals surface area contributed by atoms with Crippen LogP contribution in [0.15, 0.2) is 113 Å². The summed E-state index contributed by atoms with van der Waals surface area (Å²) in [6.45, 7) is 3.26. The van der Waals surface area contributed by atoms with Crippen molar-refractivity contribution in [1.82, 2.24) is 60.5 Å². The first-order chi connectivity index (χ1) is 30.5. The van der Waals surface area contributed by atoms with E-state index in [2.05, 4.69) is 82.5 Å². The van der Waals surface area contributed by atoms with Crippen molar-refractivity contribution in [3.05, 3.63) is 124 Å². The number of nitrogens with two attached hydrogens (primary N) is 3. The van der Waals surface area contributed by atoms with E-state index in [4.69, 9.17) is 27.3 Å². The van der Waals surface area contributed by atoms with E-state index in [1.54, 1.807) is 12.4 Å². The Kier molecular flexibility index (Phi) is 14.7. The fourth-order valence-corrected chi connectivity index (χ4v) is 8.06. The van der Waals surface area contributed by atoms with E-state index in [-0.39, 0.29) is 17.4 Å². The Bertz CT molecular complexity index is 2830. The van der Waals surface area contributed by atoms with E-state index >= 15 is 0 Å². The zero-order valence-corrected chi connectivity index (χ0v) is 37.6. The van der Waals surface area contributed by atoms with Crippen molar-refractivity contribution in [3.63, 3.8) is 0 Å². The number of nitrogens with one attached hydrogen (secondary N) is 1. The Hall–Kier alpha value is -6.72. The number of hydrogen-bond acceptors (Lipinski definition) is 18. The molecule has 0 radical (unpaired) electrons. The van der Waals surface area contributed by atoms with Gasteiger partial charge < -0.3 is 32.5 Å². The van der Waals surface area contributed by atoms with Crippen LogP contribution in [0.2, 0.25) is 0 Å². The van der Waals surface area contributed by atoms with E-state index in [1.807, 2.05) is 89.8 Å². The first kappa shape index (κ1) is 44.3. The molecule has 0 spiro atoms. The zero-order chi connectivity index (χ0) is 44.3. The van der Waals surface area contributed by atoms with Crippen molar-refractivity contribution in [3.8, 4) is 53.8 Å². The number of halogens is 2. The van der Waals surface area contributed by atoms with Crippen molar-refractivity contribution in [2.45, 2.75) is 6.42 Å². The highest BCUT2D eigenvalue weighted by atomic mass is 79.9. The lowest BCUT2D eigenvalue weighted by molar-refractivity contribution is 0.0690. The fourth-order valence-electron chi connectivity index (χ4n) is 5.81. The molecule has 0 saturated carbocycles. The Morgan fingerprint density at radius 3 is 1.70 bits per heavy atom. The molecule has 8 aromatic rings. The van der Waals surface area contributed by atoms with Crippen LogP contribution in [0.4, 0.5) is 17.5 Å². The van der Waals surface area contributed by atoms with Crippen molar-refractivity contribution >= 4 is 83.9 Å². The van der Waals surface area contributed by atoms with Gasteiger partial charge >= 0.3 is 5.97 Å². The molecule has 6 heterocycles. The Morgan fingerprint density at radius 2 is 1.13 bits per heavy atom. The van der Waals surface area contributed by atoms with Gasteiger partial charge in [-0.1, -0.05) is 95.5 Å². The number of amides is 1. The smallest absolute Gasteiger partial charge is 0.358 e. The number of benzene rings is 3. The van der Waals surface area contributed by atoms with Gasteiger partial charge in [0.05, 0.1) is 24.3 Å². The maximum Gasteiger partial charge on any atom is 0.358 e. The molecule has 1 aliphatic heterocycles. The largest absolute Gasteiger partial charge is 0.476 e. The minimum absolute atomic E-state index is 0.0524. The van der Waals surface area contributed by atoms with Crippen molar-refractivity contribution in [1.29, 1.82) is 0 Å². The molecule has 5 aromatic heterocycles. The first-order valence-corrected chi connectivity index (χ1v) is 22.1. The molecule has 0 unspecified atom stereocenters. The van der Waals surface area contributed by atoms with Crippen molar-refractivity contribution < 1.29 is 14.7 Å². The summed E-state index contributed by atoms with van der Waals surface area (Å²) in [4.78, 5) is 49.7. The Labute approximate surface area is 384 Å². The standard InChI is InChI=1S/C24H23N7OS.C12H8BrN5S.C5H4BrN3O2/c25-21-20(23-30-29-22(33-23)17-5-2-1-3-6-17)28-19(15-27-21)16-7-9-18(10-8-16)24(32)31-13-4-11-26-12-14-31;13-8-6-15-10(14)9(16-8)12-18-17-11(19-12)7-4-2-1-3-5-7;6-2-1-8-4(7)3(9-2)5(10)11/h1-3,5-10,15,26H,4,11-14H2,(H2,25,27);1-6H,(H2,14,15);1H,(H2,7,8)(H,10,11). The molecule has 18 nitrogen and oxygen atoms in total. The highest BCUT2D eigenvalue weighted by molar-refractivity contribution is 9.10. The van der Waals surface area contributed by atoms with Gasteiger partial charge in [0.1, 0.15) is 30.6 Å². The summed E-state index contributed by atoms with van der Waals surface area (Å²) in [7, 11) is 0. The lowest BCUT2D eigenvalue weighted by Gasteiger charge is -2.20. The van der Waals surface area contributed by atoms with E-state index in [9.17, 15) is 9.59 Å².